The number of aliphatic carboxylic acids is 1. The number of nitrogens with zero attached hydrogens (tertiary/aromatic N) is 1. The maximum atomic E-state index is 12.4. The van der Waals surface area contributed by atoms with E-state index < -0.39 is 17.8 Å². The van der Waals surface area contributed by atoms with Crippen LogP contribution in [0.5, 0.6) is 0 Å². The van der Waals surface area contributed by atoms with Crippen molar-refractivity contribution in [2.75, 3.05) is 18.4 Å². The summed E-state index contributed by atoms with van der Waals surface area (Å²) in [5.41, 5.74) is 1.18. The molecule has 2 aliphatic rings. The highest BCUT2D eigenvalue weighted by atomic mass is 16.4. The van der Waals surface area contributed by atoms with Gasteiger partial charge in [-0.15, -0.1) is 0 Å². The fourth-order valence-corrected chi connectivity index (χ4v) is 3.76. The Balaban J connectivity index is 1.63. The van der Waals surface area contributed by atoms with Crippen LogP contribution >= 0.6 is 0 Å². The van der Waals surface area contributed by atoms with Gasteiger partial charge in [0.25, 0.3) is 5.91 Å². The van der Waals surface area contributed by atoms with Crippen LogP contribution in [0.4, 0.5) is 5.69 Å². The van der Waals surface area contributed by atoms with Crippen molar-refractivity contribution in [2.24, 2.45) is 11.8 Å². The highest BCUT2D eigenvalue weighted by molar-refractivity contribution is 5.97. The van der Waals surface area contributed by atoms with Crippen LogP contribution in [0.3, 0.4) is 0 Å². The summed E-state index contributed by atoms with van der Waals surface area (Å²) in [5, 5.41) is 14.0. The molecule has 1 aromatic rings. The maximum Gasteiger partial charge on any atom is 0.253 e. The number of carbonyl (C=O) groups is 3. The van der Waals surface area contributed by atoms with Gasteiger partial charge in [0.2, 0.25) is 5.91 Å². The third-order valence-corrected chi connectivity index (χ3v) is 5.20. The second-order valence-corrected chi connectivity index (χ2v) is 6.88. The van der Waals surface area contributed by atoms with Crippen LogP contribution in [-0.4, -0.2) is 35.8 Å². The van der Waals surface area contributed by atoms with Crippen LogP contribution in [0.2, 0.25) is 0 Å². The molecule has 1 saturated carbocycles. The minimum absolute atomic E-state index is 0.0136. The van der Waals surface area contributed by atoms with Crippen molar-refractivity contribution in [1.29, 1.82) is 0 Å². The van der Waals surface area contributed by atoms with E-state index in [4.69, 9.17) is 0 Å². The predicted octanol–water partition coefficient (Wildman–Crippen LogP) is 1.42. The molecule has 1 aliphatic carbocycles. The highest BCUT2D eigenvalue weighted by Crippen LogP contribution is 2.30. The minimum Gasteiger partial charge on any atom is -0.550 e. The second-order valence-electron chi connectivity index (χ2n) is 6.88. The van der Waals surface area contributed by atoms with E-state index in [0.29, 0.717) is 24.1 Å². The smallest absolute Gasteiger partial charge is 0.253 e. The normalized spacial score (nSPS) is 23.3. The van der Waals surface area contributed by atoms with E-state index in [2.05, 4.69) is 5.32 Å². The van der Waals surface area contributed by atoms with Gasteiger partial charge in [-0.3, -0.25) is 9.59 Å². The van der Waals surface area contributed by atoms with Gasteiger partial charge in [-0.25, -0.2) is 0 Å². The first-order valence-corrected chi connectivity index (χ1v) is 8.97. The van der Waals surface area contributed by atoms with Crippen molar-refractivity contribution in [3.05, 3.63) is 29.8 Å². The molecule has 2 amide bonds. The Morgan fingerprint density at radius 1 is 0.920 bits per heavy atom. The molecule has 0 radical (unpaired) electrons. The van der Waals surface area contributed by atoms with Gasteiger partial charge in [0.1, 0.15) is 0 Å². The van der Waals surface area contributed by atoms with Gasteiger partial charge < -0.3 is 20.1 Å². The Morgan fingerprint density at radius 2 is 1.52 bits per heavy atom. The molecular formula is C19H23N2O4-. The zero-order valence-corrected chi connectivity index (χ0v) is 14.2. The second kappa shape index (κ2) is 7.68. The molecule has 0 unspecified atom stereocenters. The quantitative estimate of drug-likeness (QED) is 0.895. The lowest BCUT2D eigenvalue weighted by Gasteiger charge is -2.31. The van der Waals surface area contributed by atoms with Crippen LogP contribution in [0.1, 0.15) is 48.9 Å². The van der Waals surface area contributed by atoms with Crippen molar-refractivity contribution in [3.8, 4) is 0 Å². The Hall–Kier alpha value is -2.37. The number of carboxylic acid groups (broad SMARTS) is 1. The first-order chi connectivity index (χ1) is 12.1. The summed E-state index contributed by atoms with van der Waals surface area (Å²) in [5.74, 6) is -2.69. The molecule has 134 valence electrons. The molecule has 1 N–H and O–H groups in total. The van der Waals surface area contributed by atoms with E-state index in [0.717, 1.165) is 38.8 Å². The summed E-state index contributed by atoms with van der Waals surface area (Å²) in [6.45, 7) is 1.59. The van der Waals surface area contributed by atoms with E-state index >= 15 is 0 Å². The van der Waals surface area contributed by atoms with Crippen LogP contribution in [0, 0.1) is 11.8 Å². The van der Waals surface area contributed by atoms with E-state index in [9.17, 15) is 19.5 Å². The molecular weight excluding hydrogens is 320 g/mol. The molecule has 1 heterocycles. The zero-order chi connectivity index (χ0) is 17.8. The molecule has 0 spiro atoms. The largest absolute Gasteiger partial charge is 0.550 e. The molecule has 6 nitrogen and oxygen atoms in total. The van der Waals surface area contributed by atoms with Crippen molar-refractivity contribution in [1.82, 2.24) is 4.90 Å². The summed E-state index contributed by atoms with van der Waals surface area (Å²) in [6, 6.07) is 6.79. The third-order valence-electron chi connectivity index (χ3n) is 5.20. The van der Waals surface area contributed by atoms with Crippen molar-refractivity contribution >= 4 is 23.5 Å². The number of nitrogens with one attached hydrogen (secondary N) is 1. The summed E-state index contributed by atoms with van der Waals surface area (Å²) in [6.07, 6.45) is 4.81. The molecule has 3 rings (SSSR count). The number of hydrogen-bond donors (Lipinski definition) is 1. The SMILES string of the molecule is O=C(Nc1ccc(C(=O)N2CCCC2)cc1)[C@H]1CCCC[C@H]1C(=O)[O-]. The topological polar surface area (TPSA) is 89.5 Å². The average Bonchev–Trinajstić information content (AvgIpc) is 3.16. The molecule has 25 heavy (non-hydrogen) atoms. The molecule has 1 aliphatic heterocycles. The number of anilines is 1. The van der Waals surface area contributed by atoms with Crippen LogP contribution in [0.25, 0.3) is 0 Å². The van der Waals surface area contributed by atoms with Gasteiger partial charge in [0.05, 0.1) is 0 Å². The number of likely N-dealkylation sites (tertiary alicyclic amines) is 1. The molecule has 0 bridgehead atoms. The van der Waals surface area contributed by atoms with Gasteiger partial charge in [0, 0.05) is 42.1 Å². The van der Waals surface area contributed by atoms with Gasteiger partial charge in [-0.05, 0) is 49.9 Å². The fraction of sp³-hybridized carbons (Fsp3) is 0.526. The van der Waals surface area contributed by atoms with E-state index in [-0.39, 0.29) is 11.8 Å². The number of carboxylic acids is 1. The standard InChI is InChI=1S/C19H24N2O4/c22-17(15-5-1-2-6-16(15)19(24)25)20-14-9-7-13(8-10-14)18(23)21-11-3-4-12-21/h7-10,15-16H,1-6,11-12H2,(H,20,22)(H,24,25)/p-1/t15-,16+/m0/s1. The van der Waals surface area contributed by atoms with E-state index in [1.54, 1.807) is 24.3 Å². The summed E-state index contributed by atoms with van der Waals surface area (Å²) in [7, 11) is 0. The van der Waals surface area contributed by atoms with Gasteiger partial charge in [-0.2, -0.15) is 0 Å². The number of benzene rings is 1. The lowest BCUT2D eigenvalue weighted by atomic mass is 9.78. The zero-order valence-electron chi connectivity index (χ0n) is 14.2. The summed E-state index contributed by atoms with van der Waals surface area (Å²) >= 11 is 0. The molecule has 2 fully saturated rings. The highest BCUT2D eigenvalue weighted by Gasteiger charge is 2.31. The molecule has 0 aromatic heterocycles. The van der Waals surface area contributed by atoms with Gasteiger partial charge in [-0.1, -0.05) is 12.8 Å². The van der Waals surface area contributed by atoms with Crippen LogP contribution < -0.4 is 10.4 Å². The first-order valence-electron chi connectivity index (χ1n) is 8.97. The van der Waals surface area contributed by atoms with E-state index in [1.165, 1.54) is 0 Å². The maximum absolute atomic E-state index is 12.4. The molecule has 6 heteroatoms. The van der Waals surface area contributed by atoms with Crippen LogP contribution in [0.15, 0.2) is 24.3 Å². The Kier molecular flexibility index (Phi) is 5.36. The van der Waals surface area contributed by atoms with Crippen LogP contribution in [-0.2, 0) is 9.59 Å². The summed E-state index contributed by atoms with van der Waals surface area (Å²) in [4.78, 5) is 37.8. The van der Waals surface area contributed by atoms with E-state index in [1.807, 2.05) is 4.90 Å². The predicted molar refractivity (Wildman–Crippen MR) is 90.7 cm³/mol. The average molecular weight is 343 g/mol. The van der Waals surface area contributed by atoms with Gasteiger partial charge >= 0.3 is 0 Å². The Labute approximate surface area is 147 Å². The summed E-state index contributed by atoms with van der Waals surface area (Å²) < 4.78 is 0. The monoisotopic (exact) mass is 343 g/mol. The number of carbonyl (C=O) groups excluding carboxylic acids is 3. The van der Waals surface area contributed by atoms with Gasteiger partial charge in [0.15, 0.2) is 0 Å². The number of rotatable bonds is 4. The number of amides is 2. The Morgan fingerprint density at radius 3 is 2.12 bits per heavy atom. The van der Waals surface area contributed by atoms with Crippen molar-refractivity contribution in [2.45, 2.75) is 38.5 Å². The molecule has 1 saturated heterocycles. The minimum atomic E-state index is -1.15. The molecule has 2 atom stereocenters. The van der Waals surface area contributed by atoms with Crippen molar-refractivity contribution in [3.63, 3.8) is 0 Å². The lowest BCUT2D eigenvalue weighted by molar-refractivity contribution is -0.313. The van der Waals surface area contributed by atoms with Crippen molar-refractivity contribution < 1.29 is 19.5 Å². The Bertz CT molecular complexity index is 650. The number of hydrogen-bond acceptors (Lipinski definition) is 4. The first kappa shape index (κ1) is 17.5. The molecule has 1 aromatic carbocycles. The lowest BCUT2D eigenvalue weighted by Crippen LogP contribution is -2.42. The fourth-order valence-electron chi connectivity index (χ4n) is 3.76. The third kappa shape index (κ3) is 4.00.